The molecule has 1 aromatic rings. The zero-order valence-electron chi connectivity index (χ0n) is 11.6. The first-order valence-electron chi connectivity index (χ1n) is 6.78. The molecule has 2 N–H and O–H groups in total. The van der Waals surface area contributed by atoms with Crippen LogP contribution in [0.1, 0.15) is 25.7 Å². The highest BCUT2D eigenvalue weighted by molar-refractivity contribution is 7.90. The Morgan fingerprint density at radius 1 is 1.45 bits per heavy atom. The molecule has 1 aliphatic heterocycles. The maximum atomic E-state index is 11.8. The fraction of sp³-hybridized carbons (Fsp3) is 0.500. The topological polar surface area (TPSA) is 75.3 Å². The van der Waals surface area contributed by atoms with Crippen molar-refractivity contribution in [1.29, 1.82) is 0 Å². The second kappa shape index (κ2) is 6.37. The average molecular weight is 296 g/mol. The molecule has 5 nitrogen and oxygen atoms in total. The Bertz CT molecular complexity index is 578. The van der Waals surface area contributed by atoms with Crippen molar-refractivity contribution in [2.24, 2.45) is 0 Å². The molecule has 110 valence electrons. The van der Waals surface area contributed by atoms with Crippen molar-refractivity contribution in [2.45, 2.75) is 36.6 Å². The summed E-state index contributed by atoms with van der Waals surface area (Å²) in [6.07, 6.45) is 4.71. The summed E-state index contributed by atoms with van der Waals surface area (Å²) in [6, 6.07) is 6.77. The zero-order valence-corrected chi connectivity index (χ0v) is 12.4. The molecule has 1 saturated heterocycles. The molecule has 1 amide bonds. The van der Waals surface area contributed by atoms with Crippen molar-refractivity contribution in [1.82, 2.24) is 5.32 Å². The molecule has 1 aromatic carbocycles. The average Bonchev–Trinajstić information content (AvgIpc) is 2.89. The number of hydrogen-bond donors (Lipinski definition) is 2. The number of hydrogen-bond acceptors (Lipinski definition) is 4. The summed E-state index contributed by atoms with van der Waals surface area (Å²) in [5, 5.41) is 6.09. The summed E-state index contributed by atoms with van der Waals surface area (Å²) in [4.78, 5) is 12.1. The standard InChI is InChI=1S/C14H20N2O3S/c1-20(18,19)13-6-2-4-12(10-13)16-14(17)8-7-11-5-3-9-15-11/h2,4,6,10-11,15H,3,5,7-9H2,1H3,(H,16,17). The van der Waals surface area contributed by atoms with E-state index >= 15 is 0 Å². The van der Waals surface area contributed by atoms with E-state index in [1.807, 2.05) is 0 Å². The van der Waals surface area contributed by atoms with E-state index in [2.05, 4.69) is 10.6 Å². The number of rotatable bonds is 5. The molecule has 0 aromatic heterocycles. The van der Waals surface area contributed by atoms with Crippen molar-refractivity contribution in [3.8, 4) is 0 Å². The number of carbonyl (C=O) groups is 1. The first-order chi connectivity index (χ1) is 9.45. The number of carbonyl (C=O) groups excluding carboxylic acids is 1. The predicted octanol–water partition coefficient (Wildman–Crippen LogP) is 1.56. The van der Waals surface area contributed by atoms with Crippen LogP contribution in [-0.4, -0.2) is 33.2 Å². The number of benzene rings is 1. The molecule has 0 saturated carbocycles. The van der Waals surface area contributed by atoms with Gasteiger partial charge < -0.3 is 10.6 Å². The van der Waals surface area contributed by atoms with Gasteiger partial charge in [-0.2, -0.15) is 0 Å². The molecular formula is C14H20N2O3S. The Hall–Kier alpha value is -1.40. The van der Waals surface area contributed by atoms with Crippen LogP contribution in [0, 0.1) is 0 Å². The molecular weight excluding hydrogens is 276 g/mol. The molecule has 6 heteroatoms. The Morgan fingerprint density at radius 2 is 2.25 bits per heavy atom. The van der Waals surface area contributed by atoms with Crippen molar-refractivity contribution < 1.29 is 13.2 Å². The van der Waals surface area contributed by atoms with Crippen LogP contribution < -0.4 is 10.6 Å². The van der Waals surface area contributed by atoms with Gasteiger partial charge in [0.2, 0.25) is 5.91 Å². The normalized spacial score (nSPS) is 18.9. The van der Waals surface area contributed by atoms with E-state index in [9.17, 15) is 13.2 Å². The molecule has 0 spiro atoms. The maximum Gasteiger partial charge on any atom is 0.224 e. The van der Waals surface area contributed by atoms with Gasteiger partial charge in [0.25, 0.3) is 0 Å². The predicted molar refractivity (Wildman–Crippen MR) is 78.4 cm³/mol. The van der Waals surface area contributed by atoms with Crippen molar-refractivity contribution in [3.63, 3.8) is 0 Å². The number of sulfone groups is 1. The van der Waals surface area contributed by atoms with E-state index < -0.39 is 9.84 Å². The van der Waals surface area contributed by atoms with Crippen molar-refractivity contribution in [3.05, 3.63) is 24.3 Å². The van der Waals surface area contributed by atoms with Crippen LogP contribution in [0.4, 0.5) is 5.69 Å². The second-order valence-corrected chi connectivity index (χ2v) is 7.20. The van der Waals surface area contributed by atoms with Gasteiger partial charge in [-0.3, -0.25) is 4.79 Å². The molecule has 1 aliphatic rings. The van der Waals surface area contributed by atoms with Gasteiger partial charge in [0, 0.05) is 24.4 Å². The van der Waals surface area contributed by atoms with Gasteiger partial charge >= 0.3 is 0 Å². The number of anilines is 1. The molecule has 0 aliphatic carbocycles. The summed E-state index contributed by atoms with van der Waals surface area (Å²) in [6.45, 7) is 1.03. The highest BCUT2D eigenvalue weighted by Gasteiger charge is 2.15. The minimum absolute atomic E-state index is 0.0793. The van der Waals surface area contributed by atoms with Gasteiger partial charge in [0.15, 0.2) is 9.84 Å². The number of nitrogens with one attached hydrogen (secondary N) is 2. The third-order valence-corrected chi connectivity index (χ3v) is 4.54. The minimum atomic E-state index is -3.25. The summed E-state index contributed by atoms with van der Waals surface area (Å²) >= 11 is 0. The van der Waals surface area contributed by atoms with Crippen molar-refractivity contribution >= 4 is 21.4 Å². The third kappa shape index (κ3) is 4.31. The van der Waals surface area contributed by atoms with E-state index in [0.29, 0.717) is 18.2 Å². The van der Waals surface area contributed by atoms with Gasteiger partial charge in [-0.25, -0.2) is 8.42 Å². The summed E-state index contributed by atoms with van der Waals surface area (Å²) in [5.74, 6) is -0.0793. The number of amides is 1. The van der Waals surface area contributed by atoms with Gasteiger partial charge in [-0.05, 0) is 44.0 Å². The first-order valence-corrected chi connectivity index (χ1v) is 8.67. The fourth-order valence-electron chi connectivity index (χ4n) is 2.34. The van der Waals surface area contributed by atoms with Crippen molar-refractivity contribution in [2.75, 3.05) is 18.1 Å². The van der Waals surface area contributed by atoms with Crippen LogP contribution in [0.15, 0.2) is 29.2 Å². The molecule has 20 heavy (non-hydrogen) atoms. The molecule has 0 bridgehead atoms. The Labute approximate surface area is 119 Å². The lowest BCUT2D eigenvalue weighted by Gasteiger charge is -2.10. The van der Waals surface area contributed by atoms with Gasteiger partial charge in [-0.1, -0.05) is 6.07 Å². The largest absolute Gasteiger partial charge is 0.326 e. The zero-order chi connectivity index (χ0) is 14.6. The fourth-order valence-corrected chi connectivity index (χ4v) is 3.00. The van der Waals surface area contributed by atoms with Gasteiger partial charge in [0.1, 0.15) is 0 Å². The summed E-state index contributed by atoms with van der Waals surface area (Å²) in [5.41, 5.74) is 0.525. The molecule has 1 unspecified atom stereocenters. The highest BCUT2D eigenvalue weighted by atomic mass is 32.2. The maximum absolute atomic E-state index is 11.8. The lowest BCUT2D eigenvalue weighted by atomic mass is 10.1. The van der Waals surface area contributed by atoms with Crippen LogP contribution in [0.5, 0.6) is 0 Å². The first kappa shape index (κ1) is 15.0. The summed E-state index contributed by atoms with van der Waals surface area (Å²) in [7, 11) is -3.25. The van der Waals surface area contributed by atoms with E-state index in [1.165, 1.54) is 18.6 Å². The molecule has 1 atom stereocenters. The van der Waals surface area contributed by atoms with Gasteiger partial charge in [-0.15, -0.1) is 0 Å². The Balaban J connectivity index is 1.90. The molecule has 2 rings (SSSR count). The SMILES string of the molecule is CS(=O)(=O)c1cccc(NC(=O)CCC2CCCN2)c1. The van der Waals surface area contributed by atoms with Crippen LogP contribution in [0.2, 0.25) is 0 Å². The van der Waals surface area contributed by atoms with E-state index in [1.54, 1.807) is 12.1 Å². The van der Waals surface area contributed by atoms with Crippen LogP contribution in [0.25, 0.3) is 0 Å². The molecule has 0 radical (unpaired) electrons. The van der Waals surface area contributed by atoms with Crippen LogP contribution in [0.3, 0.4) is 0 Å². The second-order valence-electron chi connectivity index (χ2n) is 5.18. The lowest BCUT2D eigenvalue weighted by molar-refractivity contribution is -0.116. The highest BCUT2D eigenvalue weighted by Crippen LogP contribution is 2.16. The van der Waals surface area contributed by atoms with E-state index in [4.69, 9.17) is 0 Å². The minimum Gasteiger partial charge on any atom is -0.326 e. The smallest absolute Gasteiger partial charge is 0.224 e. The van der Waals surface area contributed by atoms with E-state index in [-0.39, 0.29) is 10.8 Å². The summed E-state index contributed by atoms with van der Waals surface area (Å²) < 4.78 is 22.9. The quantitative estimate of drug-likeness (QED) is 0.864. The Kier molecular flexibility index (Phi) is 4.77. The van der Waals surface area contributed by atoms with Gasteiger partial charge in [0.05, 0.1) is 4.90 Å². The van der Waals surface area contributed by atoms with E-state index in [0.717, 1.165) is 25.6 Å². The monoisotopic (exact) mass is 296 g/mol. The van der Waals surface area contributed by atoms with Crippen LogP contribution in [-0.2, 0) is 14.6 Å². The molecule has 1 heterocycles. The molecule has 1 fully saturated rings. The van der Waals surface area contributed by atoms with Crippen LogP contribution >= 0.6 is 0 Å². The Morgan fingerprint density at radius 3 is 2.90 bits per heavy atom. The lowest BCUT2D eigenvalue weighted by Crippen LogP contribution is -2.23. The third-order valence-electron chi connectivity index (χ3n) is 3.43.